The number of aliphatic hydroxyl groups excluding tert-OH is 1. The highest BCUT2D eigenvalue weighted by atomic mass is 79.9. The van der Waals surface area contributed by atoms with Crippen LogP contribution in [0.2, 0.25) is 0 Å². The molecule has 152 valence electrons. The zero-order valence-electron chi connectivity index (χ0n) is 16.0. The Labute approximate surface area is 166 Å². The Hall–Kier alpha value is -0.990. The van der Waals surface area contributed by atoms with E-state index < -0.39 is 11.7 Å². The number of halogens is 4. The summed E-state index contributed by atoms with van der Waals surface area (Å²) in [4.78, 5) is 4.42. The quantitative estimate of drug-likeness (QED) is 0.728. The average molecular weight is 451 g/mol. The van der Waals surface area contributed by atoms with E-state index in [0.717, 1.165) is 25.1 Å². The Morgan fingerprint density at radius 1 is 1.30 bits per heavy atom. The van der Waals surface area contributed by atoms with E-state index in [1.165, 1.54) is 0 Å². The molecule has 2 aliphatic rings. The van der Waals surface area contributed by atoms with Crippen LogP contribution in [0.25, 0.3) is 0 Å². The van der Waals surface area contributed by atoms with Gasteiger partial charge in [0.1, 0.15) is 12.4 Å². The average Bonchev–Trinajstić information content (AvgIpc) is 2.92. The number of fused-ring (bicyclic) bond motifs is 1. The van der Waals surface area contributed by atoms with E-state index in [4.69, 9.17) is 4.74 Å². The fourth-order valence-electron chi connectivity index (χ4n) is 4.41. The third kappa shape index (κ3) is 3.80. The normalized spacial score (nSPS) is 26.9. The molecule has 1 N–H and O–H groups in total. The van der Waals surface area contributed by atoms with Gasteiger partial charge in [0.25, 0.3) is 0 Å². The zero-order valence-corrected chi connectivity index (χ0v) is 17.6. The van der Waals surface area contributed by atoms with E-state index in [9.17, 15) is 18.3 Å². The second kappa shape index (κ2) is 6.81. The summed E-state index contributed by atoms with van der Waals surface area (Å²) >= 11 is 3.33. The number of benzene rings is 1. The van der Waals surface area contributed by atoms with E-state index in [1.54, 1.807) is 0 Å². The third-order valence-electron chi connectivity index (χ3n) is 5.54. The Balaban J connectivity index is 1.97. The van der Waals surface area contributed by atoms with Gasteiger partial charge in [0.2, 0.25) is 0 Å². The largest absolute Gasteiger partial charge is 0.490 e. The van der Waals surface area contributed by atoms with Crippen molar-refractivity contribution < 1.29 is 23.0 Å². The van der Waals surface area contributed by atoms with E-state index in [2.05, 4.69) is 46.5 Å². The first-order valence-electron chi connectivity index (χ1n) is 9.05. The molecule has 0 saturated carbocycles. The molecule has 0 aromatic heterocycles. The Bertz CT molecular complexity index is 720. The molecule has 0 bridgehead atoms. The summed E-state index contributed by atoms with van der Waals surface area (Å²) in [6.07, 6.45) is -3.69. The minimum absolute atomic E-state index is 0.0339. The van der Waals surface area contributed by atoms with Crippen LogP contribution in [0.3, 0.4) is 0 Å². The summed E-state index contributed by atoms with van der Waals surface area (Å²) in [5.74, 6) is 0.253. The van der Waals surface area contributed by atoms with Crippen molar-refractivity contribution in [3.05, 3.63) is 22.2 Å². The van der Waals surface area contributed by atoms with Crippen LogP contribution in [0, 0.1) is 0 Å². The summed E-state index contributed by atoms with van der Waals surface area (Å²) in [5.41, 5.74) is -0.563. The molecule has 3 rings (SSSR count). The van der Waals surface area contributed by atoms with Gasteiger partial charge in [-0.15, -0.1) is 0 Å². The molecule has 0 amide bonds. The molecule has 2 heterocycles. The van der Waals surface area contributed by atoms with Crippen molar-refractivity contribution in [1.82, 2.24) is 4.90 Å². The maximum atomic E-state index is 13.1. The molecular weight excluding hydrogens is 425 g/mol. The smallest absolute Gasteiger partial charge is 0.416 e. The molecule has 1 fully saturated rings. The second-order valence-electron chi connectivity index (χ2n) is 8.64. The van der Waals surface area contributed by atoms with E-state index in [-0.39, 0.29) is 29.5 Å². The van der Waals surface area contributed by atoms with Gasteiger partial charge in [0, 0.05) is 28.1 Å². The predicted octanol–water partition coefficient (Wildman–Crippen LogP) is 4.29. The molecular formula is C19H26BrF3N2O2. The molecule has 0 spiro atoms. The van der Waals surface area contributed by atoms with Gasteiger partial charge in [-0.05, 0) is 62.2 Å². The number of rotatable bonds is 2. The number of ether oxygens (including phenoxy) is 1. The van der Waals surface area contributed by atoms with Crippen molar-refractivity contribution in [3.63, 3.8) is 0 Å². The molecule has 4 nitrogen and oxygen atoms in total. The van der Waals surface area contributed by atoms with Crippen LogP contribution < -0.4 is 9.64 Å². The van der Waals surface area contributed by atoms with Gasteiger partial charge in [-0.25, -0.2) is 0 Å². The fourth-order valence-corrected chi connectivity index (χ4v) is 5.08. The standard InChI is InChI=1S/C19H26BrF3N2O2/c1-17(2,3)25-10-13(9-18(25,4)11-26)24-5-6-27-15-8-12(19(21,22)23)7-14(20)16(15)24/h7-8,13,26H,5-6,9-11H2,1-4H3/t13-,18+/m0/s1. The lowest BCUT2D eigenvalue weighted by Crippen LogP contribution is -2.53. The topological polar surface area (TPSA) is 35.9 Å². The summed E-state index contributed by atoms with van der Waals surface area (Å²) in [6, 6.07) is 2.27. The minimum Gasteiger partial charge on any atom is -0.490 e. The van der Waals surface area contributed by atoms with Gasteiger partial charge < -0.3 is 14.7 Å². The van der Waals surface area contributed by atoms with Crippen LogP contribution in [0.1, 0.15) is 39.7 Å². The van der Waals surface area contributed by atoms with Gasteiger partial charge >= 0.3 is 6.18 Å². The highest BCUT2D eigenvalue weighted by Gasteiger charge is 2.49. The van der Waals surface area contributed by atoms with Crippen LogP contribution >= 0.6 is 15.9 Å². The summed E-state index contributed by atoms with van der Waals surface area (Å²) < 4.78 is 45.4. The van der Waals surface area contributed by atoms with Crippen molar-refractivity contribution in [2.75, 3.05) is 31.2 Å². The monoisotopic (exact) mass is 450 g/mol. The predicted molar refractivity (Wildman–Crippen MR) is 102 cm³/mol. The van der Waals surface area contributed by atoms with Gasteiger partial charge in [-0.3, -0.25) is 4.90 Å². The Kier molecular flexibility index (Phi) is 5.23. The van der Waals surface area contributed by atoms with Gasteiger partial charge in [0.15, 0.2) is 0 Å². The molecule has 0 radical (unpaired) electrons. The van der Waals surface area contributed by atoms with Gasteiger partial charge in [-0.2, -0.15) is 13.2 Å². The highest BCUT2D eigenvalue weighted by Crippen LogP contribution is 2.46. The first kappa shape index (κ1) is 20.7. The third-order valence-corrected chi connectivity index (χ3v) is 6.15. The molecule has 27 heavy (non-hydrogen) atoms. The van der Waals surface area contributed by atoms with Crippen LogP contribution in [0.4, 0.5) is 18.9 Å². The summed E-state index contributed by atoms with van der Waals surface area (Å²) in [6.45, 7) is 10.1. The van der Waals surface area contributed by atoms with Crippen molar-refractivity contribution >= 4 is 21.6 Å². The maximum absolute atomic E-state index is 13.1. The summed E-state index contributed by atoms with van der Waals surface area (Å²) in [7, 11) is 0. The van der Waals surface area contributed by atoms with Crippen molar-refractivity contribution in [1.29, 1.82) is 0 Å². The minimum atomic E-state index is -4.42. The number of hydrogen-bond donors (Lipinski definition) is 1. The molecule has 0 aliphatic carbocycles. The molecule has 2 atom stereocenters. The van der Waals surface area contributed by atoms with Crippen LogP contribution in [0.15, 0.2) is 16.6 Å². The van der Waals surface area contributed by atoms with Crippen molar-refractivity contribution in [2.45, 2.75) is 57.4 Å². The lowest BCUT2D eigenvalue weighted by molar-refractivity contribution is -0.137. The van der Waals surface area contributed by atoms with Crippen LogP contribution in [0.5, 0.6) is 5.75 Å². The molecule has 8 heteroatoms. The number of likely N-dealkylation sites (tertiary alicyclic amines) is 1. The highest BCUT2D eigenvalue weighted by molar-refractivity contribution is 9.10. The number of hydrogen-bond acceptors (Lipinski definition) is 4. The summed E-state index contributed by atoms with van der Waals surface area (Å²) in [5, 5.41) is 10.0. The van der Waals surface area contributed by atoms with Gasteiger partial charge in [-0.1, -0.05) is 0 Å². The van der Waals surface area contributed by atoms with E-state index in [0.29, 0.717) is 23.3 Å². The first-order chi connectivity index (χ1) is 12.4. The maximum Gasteiger partial charge on any atom is 0.416 e. The molecule has 1 aromatic carbocycles. The Morgan fingerprint density at radius 2 is 1.96 bits per heavy atom. The SMILES string of the molecule is CC(C)(C)N1C[C@@H](N2CCOc3cc(C(F)(F)F)cc(Br)c32)C[C@]1(C)CO. The van der Waals surface area contributed by atoms with Crippen molar-refractivity contribution in [2.24, 2.45) is 0 Å². The van der Waals surface area contributed by atoms with Crippen LogP contribution in [-0.2, 0) is 6.18 Å². The molecule has 1 aromatic rings. The van der Waals surface area contributed by atoms with E-state index >= 15 is 0 Å². The number of aliphatic hydroxyl groups is 1. The lowest BCUT2D eigenvalue weighted by Gasteiger charge is -2.43. The molecule has 1 saturated heterocycles. The zero-order chi connectivity index (χ0) is 20.2. The first-order valence-corrected chi connectivity index (χ1v) is 9.85. The van der Waals surface area contributed by atoms with Gasteiger partial charge in [0.05, 0.1) is 24.4 Å². The second-order valence-corrected chi connectivity index (χ2v) is 9.49. The number of alkyl halides is 3. The molecule has 0 unspecified atom stereocenters. The lowest BCUT2D eigenvalue weighted by atomic mass is 9.93. The number of anilines is 1. The fraction of sp³-hybridized carbons (Fsp3) is 0.684. The molecule has 2 aliphatic heterocycles. The Morgan fingerprint density at radius 3 is 2.48 bits per heavy atom. The van der Waals surface area contributed by atoms with Crippen molar-refractivity contribution in [3.8, 4) is 5.75 Å². The number of nitrogens with zero attached hydrogens (tertiary/aromatic N) is 2. The van der Waals surface area contributed by atoms with Crippen LogP contribution in [-0.4, -0.2) is 53.4 Å². The van der Waals surface area contributed by atoms with E-state index in [1.807, 2.05) is 6.92 Å².